The third-order valence-corrected chi connectivity index (χ3v) is 4.40. The van der Waals surface area contributed by atoms with Crippen LogP contribution in [0.1, 0.15) is 26.3 Å². The van der Waals surface area contributed by atoms with Gasteiger partial charge < -0.3 is 29.8 Å². The molecule has 0 spiro atoms. The number of oxazole rings is 1. The van der Waals surface area contributed by atoms with Gasteiger partial charge in [-0.25, -0.2) is 9.78 Å². The Morgan fingerprint density at radius 2 is 1.71 bits per heavy atom. The molecule has 0 saturated heterocycles. The van der Waals surface area contributed by atoms with Crippen LogP contribution in [0.3, 0.4) is 0 Å². The molecule has 0 radical (unpaired) electrons. The summed E-state index contributed by atoms with van der Waals surface area (Å²) < 4.78 is 15.8. The summed E-state index contributed by atoms with van der Waals surface area (Å²) >= 11 is 0. The molecule has 0 aliphatic heterocycles. The first kappa shape index (κ1) is 24.3. The number of nitrogens with one attached hydrogen (secondary N) is 3. The Hall–Kier alpha value is -4.34. The lowest BCUT2D eigenvalue weighted by Gasteiger charge is -2.20. The van der Waals surface area contributed by atoms with Crippen LogP contribution >= 0.6 is 0 Å². The molecular weight excluding hydrogens is 440 g/mol. The minimum Gasteiger partial charge on any atom is -0.496 e. The maximum absolute atomic E-state index is 12.4. The third kappa shape index (κ3) is 6.83. The van der Waals surface area contributed by atoms with E-state index >= 15 is 0 Å². The van der Waals surface area contributed by atoms with Gasteiger partial charge in [-0.05, 0) is 50.6 Å². The largest absolute Gasteiger partial charge is 0.496 e. The summed E-state index contributed by atoms with van der Waals surface area (Å²) in [6.45, 7) is 5.54. The SMILES string of the molecule is COc1cc(NC(=O)C(=O)Nc2cccc(COC(=O)NC(C)(C)C)c2)ccc1-c1cnco1. The maximum atomic E-state index is 12.4. The summed E-state index contributed by atoms with van der Waals surface area (Å²) in [4.78, 5) is 40.5. The molecule has 3 rings (SSSR count). The summed E-state index contributed by atoms with van der Waals surface area (Å²) in [5, 5.41) is 7.75. The zero-order chi connectivity index (χ0) is 24.7. The van der Waals surface area contributed by atoms with E-state index in [0.717, 1.165) is 0 Å². The molecule has 2 aromatic carbocycles. The molecule has 0 bridgehead atoms. The van der Waals surface area contributed by atoms with Gasteiger partial charge in [0.15, 0.2) is 12.2 Å². The van der Waals surface area contributed by atoms with E-state index in [1.165, 1.54) is 13.5 Å². The summed E-state index contributed by atoms with van der Waals surface area (Å²) in [5.74, 6) is -0.770. The molecule has 3 aromatic rings. The first-order valence-corrected chi connectivity index (χ1v) is 10.4. The number of carbonyl (C=O) groups is 3. The Kier molecular flexibility index (Phi) is 7.52. The minimum atomic E-state index is -0.860. The molecule has 0 unspecified atom stereocenters. The number of anilines is 2. The molecular formula is C24H26N4O6. The second-order valence-electron chi connectivity index (χ2n) is 8.34. The summed E-state index contributed by atoms with van der Waals surface area (Å²) in [6.07, 6.45) is 2.29. The maximum Gasteiger partial charge on any atom is 0.407 e. The number of carbonyl (C=O) groups excluding carboxylic acids is 3. The highest BCUT2D eigenvalue weighted by molar-refractivity contribution is 6.43. The molecule has 1 heterocycles. The average Bonchev–Trinajstić information content (AvgIpc) is 3.31. The zero-order valence-electron chi connectivity index (χ0n) is 19.3. The van der Waals surface area contributed by atoms with Gasteiger partial charge in [-0.2, -0.15) is 0 Å². The number of hydrogen-bond acceptors (Lipinski definition) is 7. The summed E-state index contributed by atoms with van der Waals surface area (Å²) in [7, 11) is 1.48. The first-order chi connectivity index (χ1) is 16.1. The Morgan fingerprint density at radius 1 is 1.00 bits per heavy atom. The van der Waals surface area contributed by atoms with Gasteiger partial charge >= 0.3 is 17.9 Å². The Balaban J connectivity index is 1.59. The Labute approximate surface area is 196 Å². The van der Waals surface area contributed by atoms with E-state index in [0.29, 0.717) is 34.0 Å². The molecule has 3 N–H and O–H groups in total. The van der Waals surface area contributed by atoms with Crippen LogP contribution in [-0.2, 0) is 20.9 Å². The summed E-state index contributed by atoms with van der Waals surface area (Å²) in [6, 6.07) is 11.5. The van der Waals surface area contributed by atoms with Crippen LogP contribution < -0.4 is 20.7 Å². The molecule has 10 nitrogen and oxygen atoms in total. The predicted octanol–water partition coefficient (Wildman–Crippen LogP) is 3.95. The standard InChI is InChI=1S/C24H26N4O6/c1-24(2,3)28-23(31)33-13-15-6-5-7-16(10-15)26-21(29)22(30)27-17-8-9-18(19(11-17)32-4)20-12-25-14-34-20/h5-12,14H,13H2,1-4H3,(H,26,29)(H,27,30)(H,28,31). The number of hydrogen-bond donors (Lipinski definition) is 3. The number of aromatic nitrogens is 1. The smallest absolute Gasteiger partial charge is 0.407 e. The topological polar surface area (TPSA) is 132 Å². The van der Waals surface area contributed by atoms with Crippen molar-refractivity contribution in [1.29, 1.82) is 0 Å². The fraction of sp³-hybridized carbons (Fsp3) is 0.250. The van der Waals surface area contributed by atoms with E-state index in [9.17, 15) is 14.4 Å². The molecule has 10 heteroatoms. The van der Waals surface area contributed by atoms with Crippen LogP contribution in [0.2, 0.25) is 0 Å². The zero-order valence-corrected chi connectivity index (χ0v) is 19.3. The number of nitrogens with zero attached hydrogens (tertiary/aromatic N) is 1. The average molecular weight is 466 g/mol. The van der Waals surface area contributed by atoms with Crippen LogP contribution in [0.15, 0.2) is 59.5 Å². The normalized spacial score (nSPS) is 10.8. The number of ether oxygens (including phenoxy) is 2. The molecule has 178 valence electrons. The van der Waals surface area contributed by atoms with Crippen molar-refractivity contribution in [3.8, 4) is 17.1 Å². The molecule has 0 aliphatic rings. The van der Waals surface area contributed by atoms with Crippen molar-refractivity contribution in [2.45, 2.75) is 32.9 Å². The van der Waals surface area contributed by atoms with Crippen molar-refractivity contribution in [2.24, 2.45) is 0 Å². The summed E-state index contributed by atoms with van der Waals surface area (Å²) in [5.41, 5.74) is 1.64. The highest BCUT2D eigenvalue weighted by Gasteiger charge is 2.17. The van der Waals surface area contributed by atoms with Crippen molar-refractivity contribution in [1.82, 2.24) is 10.3 Å². The van der Waals surface area contributed by atoms with Gasteiger partial charge in [0.1, 0.15) is 12.4 Å². The van der Waals surface area contributed by atoms with Gasteiger partial charge in [-0.3, -0.25) is 9.59 Å². The second kappa shape index (κ2) is 10.5. The van der Waals surface area contributed by atoms with Crippen LogP contribution in [0, 0.1) is 0 Å². The fourth-order valence-electron chi connectivity index (χ4n) is 2.93. The van der Waals surface area contributed by atoms with E-state index in [4.69, 9.17) is 13.9 Å². The van der Waals surface area contributed by atoms with Crippen molar-refractivity contribution < 1.29 is 28.3 Å². The molecule has 0 saturated carbocycles. The Morgan fingerprint density at radius 3 is 2.32 bits per heavy atom. The molecule has 1 aromatic heterocycles. The highest BCUT2D eigenvalue weighted by Crippen LogP contribution is 2.32. The van der Waals surface area contributed by atoms with Crippen LogP contribution in [0.4, 0.5) is 16.2 Å². The van der Waals surface area contributed by atoms with Gasteiger partial charge in [0.25, 0.3) is 0 Å². The fourth-order valence-corrected chi connectivity index (χ4v) is 2.93. The van der Waals surface area contributed by atoms with Crippen molar-refractivity contribution in [2.75, 3.05) is 17.7 Å². The number of benzene rings is 2. The van der Waals surface area contributed by atoms with Gasteiger partial charge in [-0.15, -0.1) is 0 Å². The number of alkyl carbamates (subject to hydrolysis) is 1. The third-order valence-electron chi connectivity index (χ3n) is 4.40. The van der Waals surface area contributed by atoms with Crippen molar-refractivity contribution in [3.05, 3.63) is 60.6 Å². The molecule has 0 atom stereocenters. The number of methoxy groups -OCH3 is 1. The quantitative estimate of drug-likeness (QED) is 0.469. The number of amides is 3. The molecule has 34 heavy (non-hydrogen) atoms. The first-order valence-electron chi connectivity index (χ1n) is 10.4. The van der Waals surface area contributed by atoms with E-state index in [1.807, 2.05) is 20.8 Å². The highest BCUT2D eigenvalue weighted by atomic mass is 16.5. The molecule has 0 aliphatic carbocycles. The van der Waals surface area contributed by atoms with E-state index in [2.05, 4.69) is 20.9 Å². The predicted molar refractivity (Wildman–Crippen MR) is 125 cm³/mol. The van der Waals surface area contributed by atoms with E-state index < -0.39 is 23.4 Å². The van der Waals surface area contributed by atoms with Crippen LogP contribution in [0.5, 0.6) is 5.75 Å². The van der Waals surface area contributed by atoms with Gasteiger partial charge in [0, 0.05) is 23.0 Å². The van der Waals surface area contributed by atoms with E-state index in [-0.39, 0.29) is 6.61 Å². The Bertz CT molecular complexity index is 1170. The lowest BCUT2D eigenvalue weighted by molar-refractivity contribution is -0.133. The van der Waals surface area contributed by atoms with Crippen molar-refractivity contribution >= 4 is 29.3 Å². The van der Waals surface area contributed by atoms with Crippen LogP contribution in [-0.4, -0.2) is 35.5 Å². The van der Waals surface area contributed by atoms with Gasteiger partial charge in [0.05, 0.1) is 18.9 Å². The number of rotatable bonds is 6. The van der Waals surface area contributed by atoms with Crippen molar-refractivity contribution in [3.63, 3.8) is 0 Å². The van der Waals surface area contributed by atoms with Crippen LogP contribution in [0.25, 0.3) is 11.3 Å². The lowest BCUT2D eigenvalue weighted by atomic mass is 10.1. The van der Waals surface area contributed by atoms with E-state index in [1.54, 1.807) is 48.7 Å². The monoisotopic (exact) mass is 466 g/mol. The lowest BCUT2D eigenvalue weighted by Crippen LogP contribution is -2.40. The van der Waals surface area contributed by atoms with Gasteiger partial charge in [-0.1, -0.05) is 12.1 Å². The van der Waals surface area contributed by atoms with Gasteiger partial charge in [0.2, 0.25) is 0 Å². The molecule has 0 fully saturated rings. The second-order valence-corrected chi connectivity index (χ2v) is 8.34. The minimum absolute atomic E-state index is 0.00908. The molecule has 3 amide bonds.